The molecule has 1 aromatic heterocycles. The van der Waals surface area contributed by atoms with Gasteiger partial charge >= 0.3 is 0 Å². The molecule has 4 nitrogen and oxygen atoms in total. The first kappa shape index (κ1) is 16.2. The number of piperazine rings is 1. The lowest BCUT2D eigenvalue weighted by atomic mass is 10.1. The second-order valence-corrected chi connectivity index (χ2v) is 7.24. The molecular weight excluding hydrogens is 337 g/mol. The van der Waals surface area contributed by atoms with E-state index in [0.29, 0.717) is 13.1 Å². The Balaban J connectivity index is 1.38. The van der Waals surface area contributed by atoms with Gasteiger partial charge in [-0.3, -0.25) is 9.69 Å². The van der Waals surface area contributed by atoms with E-state index in [0.717, 1.165) is 30.2 Å². The van der Waals surface area contributed by atoms with E-state index in [4.69, 9.17) is 0 Å². The summed E-state index contributed by atoms with van der Waals surface area (Å²) in [6.07, 6.45) is 0. The largest absolute Gasteiger partial charge is 0.336 e. The topological polar surface area (TPSA) is 36.4 Å². The van der Waals surface area contributed by atoms with Gasteiger partial charge in [0.2, 0.25) is 0 Å². The highest BCUT2D eigenvalue weighted by molar-refractivity contribution is 7.18. The molecule has 0 bridgehead atoms. The molecule has 2 aromatic carbocycles. The Kier molecular flexibility index (Phi) is 4.46. The summed E-state index contributed by atoms with van der Waals surface area (Å²) in [5.41, 5.74) is 1.19. The lowest BCUT2D eigenvalue weighted by molar-refractivity contribution is 0.0624. The van der Waals surface area contributed by atoms with E-state index >= 15 is 0 Å². The SMILES string of the molecule is O=C(c1ccccc1F)N1CCN(Cc2nc3ccccc3s2)CC1. The molecule has 0 atom stereocenters. The van der Waals surface area contributed by atoms with Crippen LogP contribution in [0.3, 0.4) is 0 Å². The first-order valence-corrected chi connectivity index (χ1v) is 9.13. The Bertz CT molecular complexity index is 869. The first-order chi connectivity index (χ1) is 12.2. The fraction of sp³-hybridized carbons (Fsp3) is 0.263. The number of amides is 1. The predicted molar refractivity (Wildman–Crippen MR) is 97.2 cm³/mol. The molecule has 0 saturated carbocycles. The molecule has 6 heteroatoms. The molecule has 0 spiro atoms. The van der Waals surface area contributed by atoms with Gasteiger partial charge in [-0.05, 0) is 24.3 Å². The predicted octanol–water partition coefficient (Wildman–Crippen LogP) is 3.39. The molecule has 1 aliphatic heterocycles. The number of rotatable bonds is 3. The fourth-order valence-electron chi connectivity index (χ4n) is 3.09. The zero-order valence-corrected chi connectivity index (χ0v) is 14.5. The van der Waals surface area contributed by atoms with E-state index in [9.17, 15) is 9.18 Å². The van der Waals surface area contributed by atoms with Gasteiger partial charge in [0.25, 0.3) is 5.91 Å². The molecule has 0 aliphatic carbocycles. The third-order valence-corrected chi connectivity index (χ3v) is 5.48. The lowest BCUT2D eigenvalue weighted by Crippen LogP contribution is -2.48. The maximum atomic E-state index is 13.8. The van der Waals surface area contributed by atoms with E-state index < -0.39 is 5.82 Å². The van der Waals surface area contributed by atoms with Crippen LogP contribution in [0.15, 0.2) is 48.5 Å². The van der Waals surface area contributed by atoms with Gasteiger partial charge in [-0.1, -0.05) is 24.3 Å². The Labute approximate surface area is 149 Å². The highest BCUT2D eigenvalue weighted by Crippen LogP contribution is 2.23. The fourth-order valence-corrected chi connectivity index (χ4v) is 4.10. The molecule has 1 saturated heterocycles. The van der Waals surface area contributed by atoms with Crippen molar-refractivity contribution in [2.24, 2.45) is 0 Å². The highest BCUT2D eigenvalue weighted by Gasteiger charge is 2.24. The van der Waals surface area contributed by atoms with Crippen molar-refractivity contribution in [2.75, 3.05) is 26.2 Å². The number of carbonyl (C=O) groups is 1. The maximum absolute atomic E-state index is 13.8. The Morgan fingerprint density at radius 2 is 1.76 bits per heavy atom. The summed E-state index contributed by atoms with van der Waals surface area (Å²) in [6.45, 7) is 3.56. The minimum atomic E-state index is -0.454. The summed E-state index contributed by atoms with van der Waals surface area (Å²) in [6, 6.07) is 14.3. The van der Waals surface area contributed by atoms with Crippen molar-refractivity contribution in [3.05, 3.63) is 64.9 Å². The number of carbonyl (C=O) groups excluding carboxylic acids is 1. The van der Waals surface area contributed by atoms with E-state index in [1.807, 2.05) is 18.2 Å². The number of thiazole rings is 1. The van der Waals surface area contributed by atoms with Crippen molar-refractivity contribution in [1.82, 2.24) is 14.8 Å². The Hall–Kier alpha value is -2.31. The van der Waals surface area contributed by atoms with Crippen LogP contribution in [0.4, 0.5) is 4.39 Å². The van der Waals surface area contributed by atoms with E-state index in [1.54, 1.807) is 34.4 Å². The maximum Gasteiger partial charge on any atom is 0.256 e. The van der Waals surface area contributed by atoms with Gasteiger partial charge < -0.3 is 4.90 Å². The molecule has 1 amide bonds. The molecule has 0 radical (unpaired) electrons. The van der Waals surface area contributed by atoms with Gasteiger partial charge in [-0.25, -0.2) is 9.37 Å². The molecule has 128 valence electrons. The number of fused-ring (bicyclic) bond motifs is 1. The van der Waals surface area contributed by atoms with Crippen LogP contribution in [0.5, 0.6) is 0 Å². The normalized spacial score (nSPS) is 15.6. The molecule has 3 aromatic rings. The summed E-state index contributed by atoms with van der Waals surface area (Å²) in [5.74, 6) is -0.679. The quantitative estimate of drug-likeness (QED) is 0.723. The van der Waals surface area contributed by atoms with Crippen molar-refractivity contribution >= 4 is 27.5 Å². The monoisotopic (exact) mass is 355 g/mol. The number of hydrogen-bond donors (Lipinski definition) is 0. The smallest absolute Gasteiger partial charge is 0.256 e. The molecule has 1 aliphatic rings. The molecular formula is C19H18FN3OS. The van der Waals surface area contributed by atoms with E-state index in [2.05, 4.69) is 16.0 Å². The number of benzene rings is 2. The van der Waals surface area contributed by atoms with Crippen LogP contribution < -0.4 is 0 Å². The number of halogens is 1. The summed E-state index contributed by atoms with van der Waals surface area (Å²) >= 11 is 1.71. The van der Waals surface area contributed by atoms with Crippen LogP contribution in [0.25, 0.3) is 10.2 Å². The van der Waals surface area contributed by atoms with E-state index in [-0.39, 0.29) is 11.5 Å². The summed E-state index contributed by atoms with van der Waals surface area (Å²) in [4.78, 5) is 21.2. The zero-order chi connectivity index (χ0) is 17.2. The lowest BCUT2D eigenvalue weighted by Gasteiger charge is -2.34. The average molecular weight is 355 g/mol. The van der Waals surface area contributed by atoms with Crippen LogP contribution in [0.2, 0.25) is 0 Å². The Morgan fingerprint density at radius 3 is 2.52 bits per heavy atom. The Morgan fingerprint density at radius 1 is 1.04 bits per heavy atom. The number of para-hydroxylation sites is 1. The zero-order valence-electron chi connectivity index (χ0n) is 13.7. The average Bonchev–Trinajstić information content (AvgIpc) is 3.04. The summed E-state index contributed by atoms with van der Waals surface area (Å²) in [7, 11) is 0. The summed E-state index contributed by atoms with van der Waals surface area (Å²) in [5, 5.41) is 1.09. The first-order valence-electron chi connectivity index (χ1n) is 8.31. The van der Waals surface area contributed by atoms with Gasteiger partial charge in [0.05, 0.1) is 22.3 Å². The number of nitrogens with zero attached hydrogens (tertiary/aromatic N) is 3. The van der Waals surface area contributed by atoms with Crippen LogP contribution in [-0.4, -0.2) is 46.9 Å². The van der Waals surface area contributed by atoms with Crippen LogP contribution in [0.1, 0.15) is 15.4 Å². The third-order valence-electron chi connectivity index (χ3n) is 4.46. The van der Waals surface area contributed by atoms with Gasteiger partial charge in [0.1, 0.15) is 10.8 Å². The highest BCUT2D eigenvalue weighted by atomic mass is 32.1. The van der Waals surface area contributed by atoms with Crippen molar-refractivity contribution in [2.45, 2.75) is 6.54 Å². The minimum absolute atomic E-state index is 0.155. The van der Waals surface area contributed by atoms with Crippen LogP contribution >= 0.6 is 11.3 Å². The van der Waals surface area contributed by atoms with E-state index in [1.165, 1.54) is 10.8 Å². The third kappa shape index (κ3) is 3.41. The molecule has 2 heterocycles. The minimum Gasteiger partial charge on any atom is -0.336 e. The van der Waals surface area contributed by atoms with Gasteiger partial charge in [0.15, 0.2) is 0 Å². The molecule has 0 unspecified atom stereocenters. The van der Waals surface area contributed by atoms with Crippen molar-refractivity contribution in [1.29, 1.82) is 0 Å². The summed E-state index contributed by atoms with van der Waals surface area (Å²) < 4.78 is 15.0. The number of hydrogen-bond acceptors (Lipinski definition) is 4. The molecule has 1 fully saturated rings. The van der Waals surface area contributed by atoms with Gasteiger partial charge in [-0.2, -0.15) is 0 Å². The van der Waals surface area contributed by atoms with Crippen LogP contribution in [-0.2, 0) is 6.54 Å². The standard InChI is InChI=1S/C19H18FN3OS/c20-15-6-2-1-5-14(15)19(24)23-11-9-22(10-12-23)13-18-21-16-7-3-4-8-17(16)25-18/h1-8H,9-13H2. The van der Waals surface area contributed by atoms with Crippen molar-refractivity contribution in [3.8, 4) is 0 Å². The van der Waals surface area contributed by atoms with Gasteiger partial charge in [-0.15, -0.1) is 11.3 Å². The van der Waals surface area contributed by atoms with Crippen LogP contribution in [0, 0.1) is 5.82 Å². The van der Waals surface area contributed by atoms with Crippen molar-refractivity contribution < 1.29 is 9.18 Å². The molecule has 25 heavy (non-hydrogen) atoms. The van der Waals surface area contributed by atoms with Gasteiger partial charge in [0, 0.05) is 26.2 Å². The van der Waals surface area contributed by atoms with Crippen molar-refractivity contribution in [3.63, 3.8) is 0 Å². The number of aromatic nitrogens is 1. The molecule has 4 rings (SSSR count). The second-order valence-electron chi connectivity index (χ2n) is 6.12. The molecule has 0 N–H and O–H groups in total. The second kappa shape index (κ2) is 6.90.